The fraction of sp³-hybridized carbons (Fsp3) is 0.176. The van der Waals surface area contributed by atoms with Crippen molar-refractivity contribution in [2.45, 2.75) is 0 Å². The average Bonchev–Trinajstić information content (AvgIpc) is 2.60. The quantitative estimate of drug-likeness (QED) is 0.750. The normalized spacial score (nSPS) is 10.2. The molecular weight excluding hydrogens is 396 g/mol. The summed E-state index contributed by atoms with van der Waals surface area (Å²) in [6.07, 6.45) is 0. The van der Waals surface area contributed by atoms with Crippen LogP contribution < -0.4 is 14.2 Å². The number of carboxylic acids is 2. The van der Waals surface area contributed by atoms with Crippen molar-refractivity contribution in [1.29, 1.82) is 0 Å². The van der Waals surface area contributed by atoms with Crippen molar-refractivity contribution >= 4 is 27.9 Å². The summed E-state index contributed by atoms with van der Waals surface area (Å²) in [4.78, 5) is 23.5. The smallest absolute Gasteiger partial charge is 0.336 e. The number of hydrogen-bond acceptors (Lipinski definition) is 5. The van der Waals surface area contributed by atoms with E-state index in [9.17, 15) is 19.8 Å². The van der Waals surface area contributed by atoms with Crippen molar-refractivity contribution < 1.29 is 34.0 Å². The third-order valence-electron chi connectivity index (χ3n) is 3.57. The van der Waals surface area contributed by atoms with Crippen LogP contribution in [0.2, 0.25) is 0 Å². The zero-order chi connectivity index (χ0) is 18.7. The Bertz CT molecular complexity index is 845. The van der Waals surface area contributed by atoms with Gasteiger partial charge in [-0.3, -0.25) is 0 Å². The van der Waals surface area contributed by atoms with Crippen LogP contribution in [0.4, 0.5) is 0 Å². The van der Waals surface area contributed by atoms with Crippen molar-refractivity contribution in [1.82, 2.24) is 0 Å². The van der Waals surface area contributed by atoms with Gasteiger partial charge in [-0.2, -0.15) is 0 Å². The van der Waals surface area contributed by atoms with Crippen molar-refractivity contribution in [2.24, 2.45) is 0 Å². The second kappa shape index (κ2) is 7.43. The Hall–Kier alpha value is -2.74. The Labute approximate surface area is 151 Å². The fourth-order valence-corrected chi connectivity index (χ4v) is 3.14. The van der Waals surface area contributed by atoms with E-state index in [0.29, 0.717) is 4.47 Å². The zero-order valence-electron chi connectivity index (χ0n) is 13.6. The summed E-state index contributed by atoms with van der Waals surface area (Å²) < 4.78 is 16.1. The monoisotopic (exact) mass is 410 g/mol. The van der Waals surface area contributed by atoms with E-state index >= 15 is 0 Å². The van der Waals surface area contributed by atoms with Gasteiger partial charge >= 0.3 is 11.9 Å². The van der Waals surface area contributed by atoms with Gasteiger partial charge < -0.3 is 24.4 Å². The second-order valence-corrected chi connectivity index (χ2v) is 5.63. The van der Waals surface area contributed by atoms with Crippen LogP contribution in [0.15, 0.2) is 28.7 Å². The predicted molar refractivity (Wildman–Crippen MR) is 93.2 cm³/mol. The number of methoxy groups -OCH3 is 3. The van der Waals surface area contributed by atoms with Crippen molar-refractivity contribution in [2.75, 3.05) is 21.3 Å². The van der Waals surface area contributed by atoms with E-state index in [4.69, 9.17) is 14.2 Å². The Kier molecular flexibility index (Phi) is 5.53. The van der Waals surface area contributed by atoms with E-state index in [-0.39, 0.29) is 39.5 Å². The van der Waals surface area contributed by atoms with Crippen LogP contribution in [0, 0.1) is 0 Å². The second-order valence-electron chi connectivity index (χ2n) is 4.84. The van der Waals surface area contributed by atoms with Crippen LogP contribution >= 0.6 is 15.9 Å². The third-order valence-corrected chi connectivity index (χ3v) is 4.32. The summed E-state index contributed by atoms with van der Waals surface area (Å²) in [5.41, 5.74) is -0.103. The van der Waals surface area contributed by atoms with E-state index in [2.05, 4.69) is 15.9 Å². The summed E-state index contributed by atoms with van der Waals surface area (Å²) >= 11 is 3.31. The molecule has 0 unspecified atom stereocenters. The van der Waals surface area contributed by atoms with Crippen LogP contribution in [0.25, 0.3) is 11.1 Å². The topological polar surface area (TPSA) is 102 Å². The lowest BCUT2D eigenvalue weighted by Crippen LogP contribution is -2.08. The van der Waals surface area contributed by atoms with Gasteiger partial charge in [0.1, 0.15) is 21.7 Å². The van der Waals surface area contributed by atoms with Crippen LogP contribution in [0.1, 0.15) is 20.7 Å². The highest BCUT2D eigenvalue weighted by Gasteiger charge is 2.28. The van der Waals surface area contributed by atoms with Crippen LogP contribution in [0.5, 0.6) is 17.2 Å². The number of aromatic carboxylic acids is 2. The van der Waals surface area contributed by atoms with Gasteiger partial charge in [0.05, 0.1) is 32.5 Å². The molecule has 7 nitrogen and oxygen atoms in total. The molecule has 2 aromatic rings. The first kappa shape index (κ1) is 18.6. The number of carbonyl (C=O) groups is 2. The summed E-state index contributed by atoms with van der Waals surface area (Å²) in [6.45, 7) is 0. The Morgan fingerprint density at radius 3 is 1.96 bits per heavy atom. The fourth-order valence-electron chi connectivity index (χ4n) is 2.50. The molecule has 0 aromatic heterocycles. The maximum atomic E-state index is 11.8. The minimum Gasteiger partial charge on any atom is -0.496 e. The minimum atomic E-state index is -1.26. The summed E-state index contributed by atoms with van der Waals surface area (Å²) in [6, 6.07) is 5.72. The summed E-state index contributed by atoms with van der Waals surface area (Å²) in [5.74, 6) is -1.91. The van der Waals surface area contributed by atoms with E-state index in [0.717, 1.165) is 0 Å². The van der Waals surface area contributed by atoms with Crippen LogP contribution in [-0.4, -0.2) is 43.5 Å². The molecule has 2 N–H and O–H groups in total. The molecule has 0 atom stereocenters. The number of rotatable bonds is 6. The standard InChI is InChI=1S/C17H15BrO7/c1-23-10-6-4-5-8(16(19)20)12(10)13-9(17(21)22)7-11(24-2)14(18)15(13)25-3/h4-7H,1-3H3,(H,19,20)(H,21,22). The van der Waals surface area contributed by atoms with Gasteiger partial charge in [-0.05, 0) is 34.1 Å². The van der Waals surface area contributed by atoms with Gasteiger partial charge in [0.15, 0.2) is 0 Å². The molecule has 0 bridgehead atoms. The van der Waals surface area contributed by atoms with E-state index in [1.807, 2.05) is 0 Å². The number of ether oxygens (including phenoxy) is 3. The molecular formula is C17H15BrO7. The predicted octanol–water partition coefficient (Wildman–Crippen LogP) is 3.54. The number of carboxylic acid groups (broad SMARTS) is 2. The van der Waals surface area contributed by atoms with Gasteiger partial charge in [-0.1, -0.05) is 6.07 Å². The lowest BCUT2D eigenvalue weighted by molar-refractivity contribution is 0.0683. The summed E-state index contributed by atoms with van der Waals surface area (Å²) in [7, 11) is 4.11. The summed E-state index contributed by atoms with van der Waals surface area (Å²) in [5, 5.41) is 19.2. The Balaban J connectivity index is 3.04. The lowest BCUT2D eigenvalue weighted by Gasteiger charge is -2.19. The van der Waals surface area contributed by atoms with Crippen molar-refractivity contribution in [3.8, 4) is 28.4 Å². The van der Waals surface area contributed by atoms with Gasteiger partial charge in [-0.15, -0.1) is 0 Å². The van der Waals surface area contributed by atoms with Gasteiger partial charge in [0.25, 0.3) is 0 Å². The van der Waals surface area contributed by atoms with Crippen molar-refractivity contribution in [3.05, 3.63) is 39.9 Å². The molecule has 25 heavy (non-hydrogen) atoms. The van der Waals surface area contributed by atoms with Gasteiger partial charge in [-0.25, -0.2) is 9.59 Å². The van der Waals surface area contributed by atoms with Crippen LogP contribution in [-0.2, 0) is 0 Å². The highest BCUT2D eigenvalue weighted by atomic mass is 79.9. The average molecular weight is 411 g/mol. The highest BCUT2D eigenvalue weighted by molar-refractivity contribution is 9.10. The van der Waals surface area contributed by atoms with E-state index < -0.39 is 11.9 Å². The minimum absolute atomic E-state index is 0.0810. The molecule has 0 heterocycles. The number of hydrogen-bond donors (Lipinski definition) is 2. The first-order valence-electron chi connectivity index (χ1n) is 6.95. The maximum absolute atomic E-state index is 11.8. The molecule has 0 saturated carbocycles. The molecule has 0 amide bonds. The third kappa shape index (κ3) is 3.25. The molecule has 8 heteroatoms. The first-order chi connectivity index (χ1) is 11.9. The van der Waals surface area contributed by atoms with Crippen LogP contribution in [0.3, 0.4) is 0 Å². The molecule has 0 aliphatic heterocycles. The largest absolute Gasteiger partial charge is 0.496 e. The molecule has 132 valence electrons. The zero-order valence-corrected chi connectivity index (χ0v) is 15.2. The Morgan fingerprint density at radius 2 is 1.48 bits per heavy atom. The molecule has 2 aromatic carbocycles. The number of benzene rings is 2. The molecule has 0 spiro atoms. The SMILES string of the molecule is COc1cc(C(=O)O)c(-c2c(OC)cccc2C(=O)O)c(OC)c1Br. The molecule has 2 rings (SSSR count). The molecule has 0 aliphatic carbocycles. The molecule has 0 saturated heterocycles. The number of halogens is 1. The van der Waals surface area contributed by atoms with Crippen molar-refractivity contribution in [3.63, 3.8) is 0 Å². The van der Waals surface area contributed by atoms with E-state index in [1.165, 1.54) is 39.5 Å². The van der Waals surface area contributed by atoms with Gasteiger partial charge in [0.2, 0.25) is 0 Å². The molecule has 0 radical (unpaired) electrons. The molecule has 0 fully saturated rings. The lowest BCUT2D eigenvalue weighted by atomic mass is 9.93. The molecule has 0 aliphatic rings. The highest BCUT2D eigenvalue weighted by Crippen LogP contribution is 2.48. The van der Waals surface area contributed by atoms with E-state index in [1.54, 1.807) is 6.07 Å². The van der Waals surface area contributed by atoms with Gasteiger partial charge in [0, 0.05) is 11.1 Å². The first-order valence-corrected chi connectivity index (χ1v) is 7.75. The Morgan fingerprint density at radius 1 is 0.880 bits per heavy atom. The maximum Gasteiger partial charge on any atom is 0.336 e.